The number of aliphatic hydroxyl groups is 2. The Morgan fingerprint density at radius 3 is 1.18 bits per heavy atom. The van der Waals surface area contributed by atoms with Gasteiger partial charge in [-0.2, -0.15) is 17.6 Å². The summed E-state index contributed by atoms with van der Waals surface area (Å²) in [6, 6.07) is -2.43. The lowest BCUT2D eigenvalue weighted by atomic mass is 10.1. The third-order valence-electron chi connectivity index (χ3n) is 3.13. The lowest BCUT2D eigenvalue weighted by molar-refractivity contribution is -0.212. The first-order valence-corrected chi connectivity index (χ1v) is 6.48. The maximum Gasteiger partial charge on any atom is 0.395 e. The van der Waals surface area contributed by atoms with Crippen LogP contribution < -0.4 is 10.6 Å². The molecule has 0 aromatic carbocycles. The number of hydrogen-bond acceptors (Lipinski definition) is 4. The Morgan fingerprint density at radius 2 is 1.00 bits per heavy atom. The maximum absolute atomic E-state index is 13.6. The van der Waals surface area contributed by atoms with Crippen LogP contribution in [0.1, 0.15) is 27.7 Å². The van der Waals surface area contributed by atoms with Gasteiger partial charge in [-0.15, -0.1) is 0 Å². The summed E-state index contributed by atoms with van der Waals surface area (Å²) in [4.78, 5) is 22.5. The van der Waals surface area contributed by atoms with E-state index in [1.165, 1.54) is 10.6 Å². The van der Waals surface area contributed by atoms with Crippen molar-refractivity contribution in [1.82, 2.24) is 10.6 Å². The number of alkyl halides is 4. The number of rotatable bonds is 7. The Balaban J connectivity index is 5.14. The molecule has 0 spiro atoms. The molecule has 22 heavy (non-hydrogen) atoms. The van der Waals surface area contributed by atoms with Gasteiger partial charge in [0.25, 0.3) is 11.8 Å². The molecule has 0 saturated heterocycles. The summed E-state index contributed by atoms with van der Waals surface area (Å²) in [6.45, 7) is 4.59. The van der Waals surface area contributed by atoms with Crippen LogP contribution in [0, 0.1) is 0 Å². The molecule has 4 N–H and O–H groups in total. The van der Waals surface area contributed by atoms with Crippen LogP contribution in [0.15, 0.2) is 0 Å². The minimum absolute atomic E-state index is 1.13. The van der Waals surface area contributed by atoms with E-state index in [1.54, 1.807) is 0 Å². The number of aliphatic hydroxyl groups excluding tert-OH is 2. The maximum atomic E-state index is 13.6. The van der Waals surface area contributed by atoms with Gasteiger partial charge in [-0.3, -0.25) is 9.59 Å². The Kier molecular flexibility index (Phi) is 6.76. The number of carbonyl (C=O) groups is 2. The fourth-order valence-corrected chi connectivity index (χ4v) is 1.12. The van der Waals surface area contributed by atoms with Crippen LogP contribution in [0.4, 0.5) is 17.6 Å². The van der Waals surface area contributed by atoms with E-state index >= 15 is 0 Å². The van der Waals surface area contributed by atoms with E-state index < -0.39 is 48.0 Å². The van der Waals surface area contributed by atoms with Crippen molar-refractivity contribution in [3.63, 3.8) is 0 Å². The molecule has 0 rings (SSSR count). The zero-order chi connectivity index (χ0) is 17.9. The second kappa shape index (κ2) is 7.23. The molecule has 0 saturated carbocycles. The van der Waals surface area contributed by atoms with Crippen LogP contribution in [-0.2, 0) is 9.59 Å². The van der Waals surface area contributed by atoms with Gasteiger partial charge in [0.15, 0.2) is 0 Å². The molecule has 10 heteroatoms. The zero-order valence-corrected chi connectivity index (χ0v) is 12.5. The highest BCUT2D eigenvalue weighted by Crippen LogP contribution is 2.35. The van der Waals surface area contributed by atoms with Gasteiger partial charge in [-0.1, -0.05) is 0 Å². The topological polar surface area (TPSA) is 98.7 Å². The van der Waals surface area contributed by atoms with Crippen molar-refractivity contribution in [1.29, 1.82) is 0 Å². The molecule has 4 atom stereocenters. The summed E-state index contributed by atoms with van der Waals surface area (Å²) in [6.07, 6.45) is -2.50. The number of nitrogens with one attached hydrogen (secondary N) is 2. The van der Waals surface area contributed by atoms with Crippen molar-refractivity contribution in [2.75, 3.05) is 0 Å². The van der Waals surface area contributed by atoms with Crippen LogP contribution in [0.25, 0.3) is 0 Å². The molecule has 0 aliphatic rings. The Labute approximate surface area is 124 Å². The van der Waals surface area contributed by atoms with Crippen molar-refractivity contribution in [2.45, 2.75) is 63.8 Å². The summed E-state index contributed by atoms with van der Waals surface area (Å²) in [5.41, 5.74) is 0. The van der Waals surface area contributed by atoms with Gasteiger partial charge in [-0.25, -0.2) is 0 Å². The van der Waals surface area contributed by atoms with Crippen LogP contribution in [0.2, 0.25) is 0 Å². The lowest BCUT2D eigenvalue weighted by Crippen LogP contribution is -2.62. The normalized spacial score (nSPS) is 18.1. The fraction of sp³-hybridized carbons (Fsp3) is 0.833. The van der Waals surface area contributed by atoms with Crippen molar-refractivity contribution in [2.24, 2.45) is 0 Å². The fourth-order valence-electron chi connectivity index (χ4n) is 1.12. The molecule has 0 heterocycles. The summed E-state index contributed by atoms with van der Waals surface area (Å²) in [7, 11) is 0. The predicted octanol–water partition coefficient (Wildman–Crippen LogP) is 0.0280. The van der Waals surface area contributed by atoms with Gasteiger partial charge in [0, 0.05) is 0 Å². The highest BCUT2D eigenvalue weighted by molar-refractivity contribution is 5.95. The highest BCUT2D eigenvalue weighted by Gasteiger charge is 2.67. The van der Waals surface area contributed by atoms with Gasteiger partial charge in [0.1, 0.15) is 0 Å². The standard InChI is InChI=1S/C12H20F4N2O4/c1-5(7(3)19)17-9(21)11(13,14)12(15,16)10(22)18-6(2)8(4)20/h5-8,19-20H,1-4H3,(H,17,21)(H,18,22)/t5-,6+,7+,8-. The smallest absolute Gasteiger partial charge is 0.391 e. The van der Waals surface area contributed by atoms with Crippen LogP contribution >= 0.6 is 0 Å². The number of carbonyl (C=O) groups excluding carboxylic acids is 2. The Morgan fingerprint density at radius 1 is 0.773 bits per heavy atom. The predicted molar refractivity (Wildman–Crippen MR) is 68.5 cm³/mol. The number of halogens is 4. The summed E-state index contributed by atoms with van der Waals surface area (Å²) < 4.78 is 54.2. The number of hydrogen-bond donors (Lipinski definition) is 4. The summed E-state index contributed by atoms with van der Waals surface area (Å²) in [5, 5.41) is 21.2. The zero-order valence-electron chi connectivity index (χ0n) is 12.5. The van der Waals surface area contributed by atoms with Gasteiger partial charge in [0.05, 0.1) is 24.3 Å². The van der Waals surface area contributed by atoms with E-state index in [0.717, 1.165) is 27.7 Å². The second-order valence-electron chi connectivity index (χ2n) is 5.15. The van der Waals surface area contributed by atoms with Crippen molar-refractivity contribution in [3.8, 4) is 0 Å². The molecule has 0 aromatic heterocycles. The molecule has 0 fully saturated rings. The quantitative estimate of drug-likeness (QED) is 0.494. The van der Waals surface area contributed by atoms with Crippen molar-refractivity contribution in [3.05, 3.63) is 0 Å². The molecule has 0 bridgehead atoms. The van der Waals surface area contributed by atoms with Crippen LogP contribution in [0.3, 0.4) is 0 Å². The molecule has 0 radical (unpaired) electrons. The highest BCUT2D eigenvalue weighted by atomic mass is 19.3. The third-order valence-corrected chi connectivity index (χ3v) is 3.13. The molecule has 6 nitrogen and oxygen atoms in total. The molecular weight excluding hydrogens is 312 g/mol. The average molecular weight is 332 g/mol. The van der Waals surface area contributed by atoms with E-state index in [9.17, 15) is 27.2 Å². The van der Waals surface area contributed by atoms with E-state index in [1.807, 2.05) is 0 Å². The SMILES string of the molecule is C[C@H](O)[C@@H](C)NC(=O)C(F)(F)C(F)(F)C(=O)N[C@@H](C)[C@@H](C)O. The van der Waals surface area contributed by atoms with E-state index in [0.29, 0.717) is 0 Å². The van der Waals surface area contributed by atoms with Crippen molar-refractivity contribution >= 4 is 11.8 Å². The molecule has 0 aliphatic heterocycles. The molecule has 0 unspecified atom stereocenters. The lowest BCUT2D eigenvalue weighted by Gasteiger charge is -2.28. The monoisotopic (exact) mass is 332 g/mol. The summed E-state index contributed by atoms with van der Waals surface area (Å²) >= 11 is 0. The van der Waals surface area contributed by atoms with Gasteiger partial charge >= 0.3 is 11.8 Å². The Hall–Kier alpha value is -1.42. The van der Waals surface area contributed by atoms with Crippen LogP contribution in [0.5, 0.6) is 0 Å². The molecule has 130 valence electrons. The minimum Gasteiger partial charge on any atom is -0.391 e. The average Bonchev–Trinajstić information content (AvgIpc) is 2.37. The molecule has 2 amide bonds. The third kappa shape index (κ3) is 4.54. The van der Waals surface area contributed by atoms with Gasteiger partial charge in [-0.05, 0) is 27.7 Å². The first-order valence-electron chi connectivity index (χ1n) is 6.48. The first-order chi connectivity index (χ1) is 9.75. The first kappa shape index (κ1) is 20.6. The van der Waals surface area contributed by atoms with E-state index in [2.05, 4.69) is 0 Å². The second-order valence-corrected chi connectivity index (χ2v) is 5.15. The largest absolute Gasteiger partial charge is 0.395 e. The van der Waals surface area contributed by atoms with Crippen molar-refractivity contribution < 1.29 is 37.4 Å². The molecule has 0 aromatic rings. The molecular formula is C12H20F4N2O4. The van der Waals surface area contributed by atoms with Gasteiger partial charge in [0.2, 0.25) is 0 Å². The van der Waals surface area contributed by atoms with Crippen LogP contribution in [-0.4, -0.2) is 58.2 Å². The van der Waals surface area contributed by atoms with Gasteiger partial charge < -0.3 is 20.8 Å². The number of amides is 2. The minimum atomic E-state index is -5.32. The van der Waals surface area contributed by atoms with E-state index in [4.69, 9.17) is 10.2 Å². The Bertz CT molecular complexity index is 378. The summed E-state index contributed by atoms with van der Waals surface area (Å²) in [5.74, 6) is -15.4. The van der Waals surface area contributed by atoms with E-state index in [-0.39, 0.29) is 0 Å². The molecule has 0 aliphatic carbocycles.